The van der Waals surface area contributed by atoms with Gasteiger partial charge in [0.25, 0.3) is 27.7 Å². The fourth-order valence-corrected chi connectivity index (χ4v) is 4.88. The maximum atomic E-state index is 13.1. The molecule has 1 aliphatic rings. The van der Waals surface area contributed by atoms with Gasteiger partial charge in [-0.25, -0.2) is 18.0 Å². The van der Waals surface area contributed by atoms with Crippen LogP contribution in [0, 0.1) is 0 Å². The number of anilines is 1. The number of imide groups is 1. The largest absolute Gasteiger partial charge is 0.268 e. The van der Waals surface area contributed by atoms with E-state index in [0.717, 1.165) is 16.0 Å². The first-order valence-electron chi connectivity index (χ1n) is 10.7. The number of fused-ring (bicyclic) bond motifs is 1. The van der Waals surface area contributed by atoms with Crippen molar-refractivity contribution < 1.29 is 22.8 Å². The Kier molecular flexibility index (Phi) is 5.50. The molecule has 4 aromatic rings. The number of benzene rings is 4. The average molecular weight is 483 g/mol. The van der Waals surface area contributed by atoms with Gasteiger partial charge in [-0.1, -0.05) is 60.7 Å². The van der Waals surface area contributed by atoms with Crippen LogP contribution in [0.25, 0.3) is 11.1 Å². The molecule has 4 aromatic carbocycles. The first-order chi connectivity index (χ1) is 16.8. The van der Waals surface area contributed by atoms with Gasteiger partial charge >= 0.3 is 0 Å². The van der Waals surface area contributed by atoms with Crippen molar-refractivity contribution in [3.8, 4) is 11.1 Å². The summed E-state index contributed by atoms with van der Waals surface area (Å²) < 4.78 is 26.9. The molecule has 0 unspecified atom stereocenters. The van der Waals surface area contributed by atoms with Crippen molar-refractivity contribution in [3.63, 3.8) is 0 Å². The Morgan fingerprint density at radius 1 is 0.657 bits per heavy atom. The molecule has 0 radical (unpaired) electrons. The van der Waals surface area contributed by atoms with Crippen LogP contribution in [0.3, 0.4) is 0 Å². The zero-order valence-electron chi connectivity index (χ0n) is 18.2. The third-order valence-electron chi connectivity index (χ3n) is 5.66. The highest BCUT2D eigenvalue weighted by Gasteiger charge is 2.37. The number of amides is 3. The van der Waals surface area contributed by atoms with Crippen LogP contribution in [-0.4, -0.2) is 26.1 Å². The van der Waals surface area contributed by atoms with E-state index in [1.807, 2.05) is 47.2 Å². The number of hydrogen-bond donors (Lipinski definition) is 1. The first kappa shape index (κ1) is 22.2. The molecule has 0 aromatic heterocycles. The number of hydrogen-bond acceptors (Lipinski definition) is 5. The Hall–Kier alpha value is -4.56. The minimum absolute atomic E-state index is 0.0342. The van der Waals surface area contributed by atoms with Crippen LogP contribution in [0.1, 0.15) is 31.1 Å². The summed E-state index contributed by atoms with van der Waals surface area (Å²) in [5.41, 5.74) is 2.46. The van der Waals surface area contributed by atoms with Crippen LogP contribution < -0.4 is 9.62 Å². The summed E-state index contributed by atoms with van der Waals surface area (Å²) in [7, 11) is -4.09. The topological polar surface area (TPSA) is 101 Å². The van der Waals surface area contributed by atoms with Crippen molar-refractivity contribution in [1.29, 1.82) is 0 Å². The molecule has 3 amide bonds. The van der Waals surface area contributed by atoms with E-state index in [4.69, 9.17) is 0 Å². The number of rotatable bonds is 5. The van der Waals surface area contributed by atoms with E-state index >= 15 is 0 Å². The van der Waals surface area contributed by atoms with E-state index < -0.39 is 27.7 Å². The fraction of sp³-hybridized carbons (Fsp3) is 0. The summed E-state index contributed by atoms with van der Waals surface area (Å²) >= 11 is 0. The molecule has 1 heterocycles. The van der Waals surface area contributed by atoms with Gasteiger partial charge in [0.2, 0.25) is 0 Å². The Morgan fingerprint density at radius 3 is 1.89 bits per heavy atom. The van der Waals surface area contributed by atoms with Gasteiger partial charge in [-0.05, 0) is 53.6 Å². The summed E-state index contributed by atoms with van der Waals surface area (Å²) in [5.74, 6) is -2.00. The minimum Gasteiger partial charge on any atom is -0.268 e. The molecule has 0 saturated carbocycles. The normalized spacial score (nSPS) is 13.0. The Bertz CT molecular complexity index is 1570. The minimum atomic E-state index is -4.09. The van der Waals surface area contributed by atoms with Crippen LogP contribution in [0.2, 0.25) is 0 Å². The molecule has 0 saturated heterocycles. The lowest BCUT2D eigenvalue weighted by Crippen LogP contribution is -2.30. The molecule has 35 heavy (non-hydrogen) atoms. The van der Waals surface area contributed by atoms with Gasteiger partial charge in [0.1, 0.15) is 0 Å². The van der Waals surface area contributed by atoms with Crippen molar-refractivity contribution in [2.45, 2.75) is 4.90 Å². The zero-order valence-corrected chi connectivity index (χ0v) is 19.0. The van der Waals surface area contributed by atoms with Crippen LogP contribution in [0.4, 0.5) is 5.69 Å². The smallest absolute Gasteiger partial charge is 0.266 e. The van der Waals surface area contributed by atoms with Crippen molar-refractivity contribution >= 4 is 33.4 Å². The lowest BCUT2D eigenvalue weighted by Gasteiger charge is -2.14. The molecular weight excluding hydrogens is 464 g/mol. The molecule has 0 aliphatic carbocycles. The second kappa shape index (κ2) is 8.66. The van der Waals surface area contributed by atoms with Crippen LogP contribution in [0.5, 0.6) is 0 Å². The molecule has 0 bridgehead atoms. The number of carbonyl (C=O) groups is 3. The predicted octanol–water partition coefficient (Wildman–Crippen LogP) is 4.27. The second-order valence-corrected chi connectivity index (χ2v) is 9.55. The second-order valence-electron chi connectivity index (χ2n) is 7.87. The van der Waals surface area contributed by atoms with Gasteiger partial charge in [-0.2, -0.15) is 0 Å². The van der Waals surface area contributed by atoms with E-state index in [1.165, 1.54) is 30.3 Å². The molecule has 1 N–H and O–H groups in total. The Balaban J connectivity index is 1.40. The maximum Gasteiger partial charge on any atom is 0.266 e. The molecule has 0 spiro atoms. The molecule has 7 nitrogen and oxygen atoms in total. The van der Waals surface area contributed by atoms with E-state index in [-0.39, 0.29) is 21.6 Å². The summed E-state index contributed by atoms with van der Waals surface area (Å²) in [4.78, 5) is 39.7. The van der Waals surface area contributed by atoms with Crippen molar-refractivity contribution in [2.24, 2.45) is 0 Å². The highest BCUT2D eigenvalue weighted by Crippen LogP contribution is 2.31. The van der Waals surface area contributed by atoms with E-state index in [9.17, 15) is 22.8 Å². The van der Waals surface area contributed by atoms with Gasteiger partial charge < -0.3 is 0 Å². The lowest BCUT2D eigenvalue weighted by molar-refractivity contribution is 0.0924. The quantitative estimate of drug-likeness (QED) is 0.428. The van der Waals surface area contributed by atoms with Crippen LogP contribution in [-0.2, 0) is 10.0 Å². The van der Waals surface area contributed by atoms with E-state index in [1.54, 1.807) is 30.3 Å². The summed E-state index contributed by atoms with van der Waals surface area (Å²) in [5, 5.41) is 0. The predicted molar refractivity (Wildman–Crippen MR) is 131 cm³/mol. The van der Waals surface area contributed by atoms with Crippen LogP contribution in [0.15, 0.2) is 108 Å². The van der Waals surface area contributed by atoms with E-state index in [0.29, 0.717) is 5.69 Å². The fourth-order valence-electron chi connectivity index (χ4n) is 3.89. The lowest BCUT2D eigenvalue weighted by atomic mass is 10.1. The molecular formula is C27H18N2O5S. The average Bonchev–Trinajstić information content (AvgIpc) is 3.14. The molecule has 5 rings (SSSR count). The van der Waals surface area contributed by atoms with E-state index in [2.05, 4.69) is 0 Å². The summed E-state index contributed by atoms with van der Waals surface area (Å²) in [6.45, 7) is 0. The Morgan fingerprint density at radius 2 is 1.23 bits per heavy atom. The third kappa shape index (κ3) is 4.11. The summed E-state index contributed by atoms with van der Waals surface area (Å²) in [6.07, 6.45) is 0. The standard InChI is InChI=1S/C27H18N2O5S/c30-25(28-35(33,34)22-9-5-2-6-10-22)20-13-16-23-24(17-20)27(32)29(26(23)31)21-14-11-19(12-15-21)18-7-3-1-4-8-18/h1-17H,(H,28,30). The molecule has 0 atom stereocenters. The molecule has 0 fully saturated rings. The number of carbonyl (C=O) groups excluding carboxylic acids is 3. The highest BCUT2D eigenvalue weighted by molar-refractivity contribution is 7.90. The summed E-state index contributed by atoms with van der Waals surface area (Å²) in [6, 6.07) is 28.1. The third-order valence-corrected chi connectivity index (χ3v) is 7.01. The first-order valence-corrected chi connectivity index (χ1v) is 12.1. The van der Waals surface area contributed by atoms with Gasteiger partial charge in [0.05, 0.1) is 21.7 Å². The maximum absolute atomic E-state index is 13.1. The number of nitrogens with one attached hydrogen (secondary N) is 1. The van der Waals surface area contributed by atoms with Crippen molar-refractivity contribution in [2.75, 3.05) is 4.90 Å². The highest BCUT2D eigenvalue weighted by atomic mass is 32.2. The van der Waals surface area contributed by atoms with Crippen LogP contribution >= 0.6 is 0 Å². The molecule has 8 heteroatoms. The van der Waals surface area contributed by atoms with Gasteiger partial charge in [-0.3, -0.25) is 14.4 Å². The molecule has 172 valence electrons. The number of sulfonamides is 1. The monoisotopic (exact) mass is 482 g/mol. The Labute approximate surface area is 201 Å². The van der Waals surface area contributed by atoms with Gasteiger partial charge in [-0.15, -0.1) is 0 Å². The van der Waals surface area contributed by atoms with Gasteiger partial charge in [0.15, 0.2) is 0 Å². The zero-order chi connectivity index (χ0) is 24.6. The molecule has 1 aliphatic heterocycles. The van der Waals surface area contributed by atoms with Crippen molar-refractivity contribution in [3.05, 3.63) is 120 Å². The number of nitrogens with zero attached hydrogens (tertiary/aromatic N) is 1. The SMILES string of the molecule is O=C(NS(=O)(=O)c1ccccc1)c1ccc2c(c1)C(=O)N(c1ccc(-c3ccccc3)cc1)C2=O. The van der Waals surface area contributed by atoms with Gasteiger partial charge in [0, 0.05) is 5.56 Å². The van der Waals surface area contributed by atoms with Crippen molar-refractivity contribution in [1.82, 2.24) is 4.72 Å².